The number of hydrogen-bond acceptors (Lipinski definition) is 4. The van der Waals surface area contributed by atoms with Crippen LogP contribution in [0.5, 0.6) is 0 Å². The lowest BCUT2D eigenvalue weighted by Gasteiger charge is -2.14. The van der Waals surface area contributed by atoms with Gasteiger partial charge in [0, 0.05) is 33.8 Å². The number of nitrogens with zero attached hydrogens (tertiary/aromatic N) is 1. The number of aliphatic hydroxyl groups excluding tert-OH is 1. The van der Waals surface area contributed by atoms with Gasteiger partial charge >= 0.3 is 0 Å². The Labute approximate surface area is 122 Å². The summed E-state index contributed by atoms with van der Waals surface area (Å²) in [4.78, 5) is 5.05. The van der Waals surface area contributed by atoms with Gasteiger partial charge in [-0.25, -0.2) is 0 Å². The van der Waals surface area contributed by atoms with Crippen molar-refractivity contribution in [3.05, 3.63) is 43.8 Å². The van der Waals surface area contributed by atoms with E-state index in [0.717, 1.165) is 18.7 Å². The molecule has 0 unspecified atom stereocenters. The lowest BCUT2D eigenvalue weighted by molar-refractivity contribution is 0.324. The summed E-state index contributed by atoms with van der Waals surface area (Å²) in [5.41, 5.74) is 2.37. The van der Waals surface area contributed by atoms with Crippen molar-refractivity contribution < 1.29 is 5.11 Å². The molecule has 0 fully saturated rings. The maximum Gasteiger partial charge on any atom is 0.104 e. The van der Waals surface area contributed by atoms with Crippen LogP contribution in [0.1, 0.15) is 20.9 Å². The van der Waals surface area contributed by atoms with Gasteiger partial charge in [0.25, 0.3) is 0 Å². The van der Waals surface area contributed by atoms with Gasteiger partial charge in [0.2, 0.25) is 0 Å². The fraction of sp³-hybridized carbons (Fsp3) is 0.333. The van der Waals surface area contributed by atoms with Crippen LogP contribution in [0, 0.1) is 18.8 Å². The van der Waals surface area contributed by atoms with E-state index in [-0.39, 0.29) is 6.61 Å². The predicted molar refractivity (Wildman–Crippen MR) is 82.5 cm³/mol. The average molecular weight is 291 g/mol. The van der Waals surface area contributed by atoms with E-state index in [2.05, 4.69) is 48.2 Å². The third-order valence-corrected chi connectivity index (χ3v) is 4.70. The highest BCUT2D eigenvalue weighted by Crippen LogP contribution is 2.20. The van der Waals surface area contributed by atoms with Gasteiger partial charge in [0.1, 0.15) is 6.61 Å². The molecule has 0 aliphatic heterocycles. The van der Waals surface area contributed by atoms with Crippen molar-refractivity contribution in [2.75, 3.05) is 13.7 Å². The zero-order valence-corrected chi connectivity index (χ0v) is 12.8. The molecule has 2 rings (SSSR count). The molecule has 0 radical (unpaired) electrons. The highest BCUT2D eigenvalue weighted by Gasteiger charge is 2.06. The first-order valence-electron chi connectivity index (χ1n) is 6.07. The Morgan fingerprint density at radius 2 is 2.16 bits per heavy atom. The van der Waals surface area contributed by atoms with Crippen LogP contribution < -0.4 is 0 Å². The van der Waals surface area contributed by atoms with Crippen LogP contribution in [0.2, 0.25) is 0 Å². The minimum absolute atomic E-state index is 0.0806. The number of aliphatic hydroxyl groups is 1. The average Bonchev–Trinajstić information content (AvgIpc) is 2.97. The zero-order chi connectivity index (χ0) is 13.7. The summed E-state index contributed by atoms with van der Waals surface area (Å²) < 4.78 is 0. The SMILES string of the molecule is Cc1ccsc1CN(C)Cc1cc(C#CCO)cs1. The second-order valence-corrected chi connectivity index (χ2v) is 6.46. The van der Waals surface area contributed by atoms with Gasteiger partial charge in [-0.15, -0.1) is 22.7 Å². The van der Waals surface area contributed by atoms with Crippen LogP contribution in [0.4, 0.5) is 0 Å². The van der Waals surface area contributed by atoms with Gasteiger partial charge in [-0.05, 0) is 37.0 Å². The van der Waals surface area contributed by atoms with E-state index >= 15 is 0 Å². The van der Waals surface area contributed by atoms with E-state index < -0.39 is 0 Å². The Hall–Kier alpha value is -1.12. The van der Waals surface area contributed by atoms with Gasteiger partial charge in [-0.1, -0.05) is 11.8 Å². The lowest BCUT2D eigenvalue weighted by atomic mass is 10.2. The van der Waals surface area contributed by atoms with E-state index in [0.29, 0.717) is 0 Å². The standard InChI is InChI=1S/C15H17NOS2/c1-12-5-7-18-15(12)10-16(2)9-14-8-13(11-19-14)4-3-6-17/h5,7-8,11,17H,6,9-10H2,1-2H3. The fourth-order valence-corrected chi connectivity index (χ4v) is 3.68. The van der Waals surface area contributed by atoms with Crippen LogP contribution in [0.15, 0.2) is 22.9 Å². The first kappa shape index (κ1) is 14.3. The molecule has 4 heteroatoms. The molecule has 0 aliphatic rings. The summed E-state index contributed by atoms with van der Waals surface area (Å²) in [7, 11) is 2.14. The van der Waals surface area contributed by atoms with Gasteiger partial charge in [0.05, 0.1) is 0 Å². The van der Waals surface area contributed by atoms with Crippen molar-refractivity contribution in [2.45, 2.75) is 20.0 Å². The molecule has 2 aromatic heterocycles. The van der Waals surface area contributed by atoms with Crippen LogP contribution in [-0.2, 0) is 13.1 Å². The van der Waals surface area contributed by atoms with E-state index in [1.807, 2.05) is 16.7 Å². The third-order valence-electron chi connectivity index (χ3n) is 2.77. The minimum atomic E-state index is -0.0806. The Kier molecular flexibility index (Phi) is 5.17. The van der Waals surface area contributed by atoms with Crippen LogP contribution in [0.3, 0.4) is 0 Å². The van der Waals surface area contributed by atoms with Crippen molar-refractivity contribution in [3.8, 4) is 11.8 Å². The molecule has 0 atom stereocenters. The van der Waals surface area contributed by atoms with Crippen molar-refractivity contribution in [3.63, 3.8) is 0 Å². The summed E-state index contributed by atoms with van der Waals surface area (Å²) in [6, 6.07) is 4.27. The summed E-state index contributed by atoms with van der Waals surface area (Å²) in [5.74, 6) is 5.61. The fourth-order valence-electron chi connectivity index (χ4n) is 1.80. The lowest BCUT2D eigenvalue weighted by Crippen LogP contribution is -2.16. The Morgan fingerprint density at radius 3 is 2.84 bits per heavy atom. The van der Waals surface area contributed by atoms with Crippen LogP contribution in [0.25, 0.3) is 0 Å². The summed E-state index contributed by atoms with van der Waals surface area (Å²) >= 11 is 3.54. The van der Waals surface area contributed by atoms with Gasteiger partial charge in [-0.2, -0.15) is 0 Å². The van der Waals surface area contributed by atoms with E-state index in [1.54, 1.807) is 11.3 Å². The third kappa shape index (κ3) is 4.19. The highest BCUT2D eigenvalue weighted by molar-refractivity contribution is 7.10. The molecule has 0 aliphatic carbocycles. The summed E-state index contributed by atoms with van der Waals surface area (Å²) in [6.45, 7) is 4.00. The normalized spacial score (nSPS) is 10.5. The molecule has 19 heavy (non-hydrogen) atoms. The van der Waals surface area contributed by atoms with Crippen molar-refractivity contribution in [1.29, 1.82) is 0 Å². The quantitative estimate of drug-likeness (QED) is 0.875. The number of thiophene rings is 2. The molecule has 0 saturated heterocycles. The maximum absolute atomic E-state index is 8.67. The Balaban J connectivity index is 1.93. The van der Waals surface area contributed by atoms with Gasteiger partial charge in [-0.3, -0.25) is 4.90 Å². The highest BCUT2D eigenvalue weighted by atomic mass is 32.1. The van der Waals surface area contributed by atoms with E-state index in [4.69, 9.17) is 5.11 Å². The van der Waals surface area contributed by atoms with Crippen molar-refractivity contribution >= 4 is 22.7 Å². The molecule has 100 valence electrons. The molecule has 0 bridgehead atoms. The molecule has 0 saturated carbocycles. The molecule has 0 aromatic carbocycles. The minimum Gasteiger partial charge on any atom is -0.384 e. The molecule has 2 heterocycles. The maximum atomic E-state index is 8.67. The first-order chi connectivity index (χ1) is 9.19. The Morgan fingerprint density at radius 1 is 1.32 bits per heavy atom. The van der Waals surface area contributed by atoms with Crippen molar-refractivity contribution in [2.24, 2.45) is 0 Å². The van der Waals surface area contributed by atoms with E-state index in [9.17, 15) is 0 Å². The zero-order valence-electron chi connectivity index (χ0n) is 11.1. The topological polar surface area (TPSA) is 23.5 Å². The summed E-state index contributed by atoms with van der Waals surface area (Å²) in [5, 5.41) is 12.9. The second-order valence-electron chi connectivity index (χ2n) is 4.46. The van der Waals surface area contributed by atoms with Crippen LogP contribution in [-0.4, -0.2) is 23.7 Å². The molecule has 2 aromatic rings. The first-order valence-corrected chi connectivity index (χ1v) is 7.83. The molecule has 1 N–H and O–H groups in total. The van der Waals surface area contributed by atoms with Crippen LogP contribution >= 0.6 is 22.7 Å². The van der Waals surface area contributed by atoms with E-state index in [1.165, 1.54) is 15.3 Å². The van der Waals surface area contributed by atoms with Gasteiger partial charge < -0.3 is 5.11 Å². The second kappa shape index (κ2) is 6.88. The van der Waals surface area contributed by atoms with Crippen molar-refractivity contribution in [1.82, 2.24) is 4.90 Å². The Bertz CT molecular complexity index is 589. The molecule has 0 spiro atoms. The monoisotopic (exact) mass is 291 g/mol. The number of hydrogen-bond donors (Lipinski definition) is 1. The number of rotatable bonds is 4. The molecular formula is C15H17NOS2. The predicted octanol–water partition coefficient (Wildman–Crippen LogP) is 3.09. The summed E-state index contributed by atoms with van der Waals surface area (Å²) in [6.07, 6.45) is 0. The molecular weight excluding hydrogens is 274 g/mol. The smallest absolute Gasteiger partial charge is 0.104 e. The largest absolute Gasteiger partial charge is 0.384 e. The van der Waals surface area contributed by atoms with Gasteiger partial charge in [0.15, 0.2) is 0 Å². The number of aryl methyl sites for hydroxylation is 1. The molecule has 2 nitrogen and oxygen atoms in total. The molecule has 0 amide bonds.